The minimum absolute atomic E-state index is 0.113. The normalized spacial score (nSPS) is 37.0. The molecule has 3 fully saturated rings. The average molecular weight is 330 g/mol. The zero-order chi connectivity index (χ0) is 16.6. The summed E-state index contributed by atoms with van der Waals surface area (Å²) in [4.78, 5) is 13.8. The molecule has 0 spiro atoms. The van der Waals surface area contributed by atoms with Crippen LogP contribution < -0.4 is 5.73 Å². The van der Waals surface area contributed by atoms with E-state index in [-0.39, 0.29) is 30.9 Å². The molecule has 0 saturated carbocycles. The molecule has 23 heavy (non-hydrogen) atoms. The molecule has 3 aliphatic rings. The summed E-state index contributed by atoms with van der Waals surface area (Å²) in [6.45, 7) is 5.06. The molecule has 3 aliphatic heterocycles. The fraction of sp³-hybridized carbons (Fsp3) is 0.933. The number of rotatable bonds is 3. The van der Waals surface area contributed by atoms with Gasteiger partial charge in [0.15, 0.2) is 12.1 Å². The van der Waals surface area contributed by atoms with Gasteiger partial charge in [-0.15, -0.1) is 0 Å². The van der Waals surface area contributed by atoms with E-state index >= 15 is 0 Å². The van der Waals surface area contributed by atoms with E-state index in [4.69, 9.17) is 29.4 Å². The maximum absolute atomic E-state index is 12.1. The molecule has 3 saturated heterocycles. The number of carbonyl (C=O) groups is 1. The Morgan fingerprint density at radius 2 is 1.91 bits per heavy atom. The minimum Gasteiger partial charge on any atom is -0.447 e. The monoisotopic (exact) mass is 330 g/mol. The van der Waals surface area contributed by atoms with Crippen LogP contribution >= 0.6 is 0 Å². The van der Waals surface area contributed by atoms with Gasteiger partial charge in [-0.1, -0.05) is 0 Å². The number of likely N-dealkylation sites (tertiary alicyclic amines) is 1. The summed E-state index contributed by atoms with van der Waals surface area (Å²) < 4.78 is 28.1. The van der Waals surface area contributed by atoms with Crippen molar-refractivity contribution in [3.05, 3.63) is 0 Å². The fourth-order valence-electron chi connectivity index (χ4n) is 3.29. The third-order valence-electron chi connectivity index (χ3n) is 4.51. The lowest BCUT2D eigenvalue weighted by atomic mass is 10.1. The predicted molar refractivity (Wildman–Crippen MR) is 79.6 cm³/mol. The second-order valence-corrected chi connectivity index (χ2v) is 6.74. The van der Waals surface area contributed by atoms with Crippen LogP contribution in [0.3, 0.4) is 0 Å². The van der Waals surface area contributed by atoms with Gasteiger partial charge in [0.1, 0.15) is 24.9 Å². The molecule has 0 radical (unpaired) electrons. The van der Waals surface area contributed by atoms with Crippen LogP contribution in [0.1, 0.15) is 26.7 Å². The first-order valence-corrected chi connectivity index (χ1v) is 8.11. The van der Waals surface area contributed by atoms with Crippen LogP contribution in [0.5, 0.6) is 0 Å². The number of ether oxygens (including phenoxy) is 5. The molecule has 132 valence electrons. The highest BCUT2D eigenvalue weighted by atomic mass is 16.8. The predicted octanol–water partition coefficient (Wildman–Crippen LogP) is 0.438. The van der Waals surface area contributed by atoms with E-state index < -0.39 is 18.2 Å². The summed E-state index contributed by atoms with van der Waals surface area (Å²) >= 11 is 0. The van der Waals surface area contributed by atoms with Crippen LogP contribution in [0.4, 0.5) is 4.79 Å². The minimum atomic E-state index is -0.693. The average Bonchev–Trinajstić information content (AvgIpc) is 2.98. The van der Waals surface area contributed by atoms with Gasteiger partial charge < -0.3 is 34.3 Å². The van der Waals surface area contributed by atoms with Crippen LogP contribution in [0.25, 0.3) is 0 Å². The van der Waals surface area contributed by atoms with Gasteiger partial charge in [-0.3, -0.25) is 0 Å². The third kappa shape index (κ3) is 3.61. The SMILES string of the molecule is CO[C@@H]1O[C@H](COC(=O)N2CCC(N)CC2)[C@H]2OC(C)(C)O[C@@H]12. The molecule has 0 aromatic carbocycles. The molecule has 2 N–H and O–H groups in total. The molecule has 4 atom stereocenters. The molecular formula is C15H26N2O6. The Kier molecular flexibility index (Phi) is 4.80. The lowest BCUT2D eigenvalue weighted by molar-refractivity contribution is -0.230. The number of nitrogens with two attached hydrogens (primary N) is 1. The molecule has 3 heterocycles. The highest BCUT2D eigenvalue weighted by Crippen LogP contribution is 2.38. The van der Waals surface area contributed by atoms with Crippen LogP contribution in [0, 0.1) is 0 Å². The Bertz CT molecular complexity index is 438. The van der Waals surface area contributed by atoms with Gasteiger partial charge >= 0.3 is 6.09 Å². The summed E-state index contributed by atoms with van der Waals surface area (Å²) in [5.41, 5.74) is 5.84. The lowest BCUT2D eigenvalue weighted by Crippen LogP contribution is -2.44. The van der Waals surface area contributed by atoms with E-state index in [2.05, 4.69) is 0 Å². The van der Waals surface area contributed by atoms with Crippen molar-refractivity contribution in [2.45, 2.75) is 63.1 Å². The standard InChI is InChI=1S/C15H26N2O6/c1-15(2)22-11-10(21-13(19-3)12(11)23-15)8-20-14(18)17-6-4-9(16)5-7-17/h9-13H,4-8,16H2,1-3H3/t10-,11-,12-,13-/m1/s1. The Morgan fingerprint density at radius 3 is 2.57 bits per heavy atom. The van der Waals surface area contributed by atoms with E-state index in [9.17, 15) is 4.79 Å². The summed E-state index contributed by atoms with van der Waals surface area (Å²) in [5, 5.41) is 0. The highest BCUT2D eigenvalue weighted by Gasteiger charge is 2.55. The number of carbonyl (C=O) groups excluding carboxylic acids is 1. The largest absolute Gasteiger partial charge is 0.447 e. The molecule has 0 bridgehead atoms. The number of piperidine rings is 1. The van der Waals surface area contributed by atoms with Crippen molar-refractivity contribution in [1.82, 2.24) is 4.90 Å². The van der Waals surface area contributed by atoms with E-state index in [0.717, 1.165) is 12.8 Å². The van der Waals surface area contributed by atoms with Gasteiger partial charge in [0, 0.05) is 26.2 Å². The Morgan fingerprint density at radius 1 is 1.26 bits per heavy atom. The summed E-state index contributed by atoms with van der Waals surface area (Å²) in [6.07, 6.45) is -0.269. The van der Waals surface area contributed by atoms with Crippen LogP contribution in [0.15, 0.2) is 0 Å². The number of nitrogens with zero attached hydrogens (tertiary/aromatic N) is 1. The second-order valence-electron chi connectivity index (χ2n) is 6.74. The van der Waals surface area contributed by atoms with Crippen LogP contribution in [-0.4, -0.2) is 74.2 Å². The summed E-state index contributed by atoms with van der Waals surface area (Å²) in [5.74, 6) is -0.693. The van der Waals surface area contributed by atoms with Gasteiger partial charge in [0.2, 0.25) is 0 Å². The van der Waals surface area contributed by atoms with Crippen LogP contribution in [-0.2, 0) is 23.7 Å². The molecule has 0 aliphatic carbocycles. The highest BCUT2D eigenvalue weighted by molar-refractivity contribution is 5.67. The molecule has 8 heteroatoms. The van der Waals surface area contributed by atoms with Gasteiger partial charge in [-0.2, -0.15) is 0 Å². The molecule has 0 aromatic heterocycles. The van der Waals surface area contributed by atoms with Crippen molar-refractivity contribution in [1.29, 1.82) is 0 Å². The van der Waals surface area contributed by atoms with Crippen molar-refractivity contribution in [2.75, 3.05) is 26.8 Å². The maximum Gasteiger partial charge on any atom is 0.409 e. The molecule has 3 rings (SSSR count). The quantitative estimate of drug-likeness (QED) is 0.802. The molecule has 0 aromatic rings. The van der Waals surface area contributed by atoms with Crippen molar-refractivity contribution < 1.29 is 28.5 Å². The summed E-state index contributed by atoms with van der Waals surface area (Å²) in [6, 6.07) is 0.173. The first-order valence-electron chi connectivity index (χ1n) is 8.11. The number of fused-ring (bicyclic) bond motifs is 1. The van der Waals surface area contributed by atoms with Crippen LogP contribution in [0.2, 0.25) is 0 Å². The van der Waals surface area contributed by atoms with Gasteiger partial charge in [-0.05, 0) is 26.7 Å². The van der Waals surface area contributed by atoms with Crippen molar-refractivity contribution in [3.63, 3.8) is 0 Å². The molecule has 8 nitrogen and oxygen atoms in total. The van der Waals surface area contributed by atoms with Crippen molar-refractivity contribution in [2.24, 2.45) is 5.73 Å². The van der Waals surface area contributed by atoms with E-state index in [1.54, 1.807) is 12.0 Å². The van der Waals surface area contributed by atoms with Gasteiger partial charge in [0.25, 0.3) is 0 Å². The number of hydrogen-bond donors (Lipinski definition) is 1. The smallest absolute Gasteiger partial charge is 0.409 e. The Balaban J connectivity index is 1.53. The lowest BCUT2D eigenvalue weighted by Gasteiger charge is -2.30. The maximum atomic E-state index is 12.1. The first-order chi connectivity index (χ1) is 10.9. The van der Waals surface area contributed by atoms with Gasteiger partial charge in [-0.25, -0.2) is 4.79 Å². The molecular weight excluding hydrogens is 304 g/mol. The zero-order valence-electron chi connectivity index (χ0n) is 13.9. The molecule has 1 amide bonds. The Hall–Kier alpha value is -0.930. The van der Waals surface area contributed by atoms with Crippen molar-refractivity contribution >= 4 is 6.09 Å². The van der Waals surface area contributed by atoms with E-state index in [0.29, 0.717) is 13.1 Å². The fourth-order valence-corrected chi connectivity index (χ4v) is 3.29. The topological polar surface area (TPSA) is 92.5 Å². The second kappa shape index (κ2) is 6.52. The molecule has 0 unspecified atom stereocenters. The Labute approximate surface area is 136 Å². The number of methoxy groups -OCH3 is 1. The number of amides is 1. The first kappa shape index (κ1) is 16.9. The third-order valence-corrected chi connectivity index (χ3v) is 4.51. The van der Waals surface area contributed by atoms with E-state index in [1.165, 1.54) is 0 Å². The van der Waals surface area contributed by atoms with E-state index in [1.807, 2.05) is 13.8 Å². The summed E-state index contributed by atoms with van der Waals surface area (Å²) in [7, 11) is 1.56. The number of hydrogen-bond acceptors (Lipinski definition) is 7. The zero-order valence-corrected chi connectivity index (χ0v) is 13.9. The van der Waals surface area contributed by atoms with Gasteiger partial charge in [0.05, 0.1) is 0 Å². The van der Waals surface area contributed by atoms with Crippen molar-refractivity contribution in [3.8, 4) is 0 Å².